The summed E-state index contributed by atoms with van der Waals surface area (Å²) in [5, 5.41) is 0. The molecule has 0 heterocycles. The molecule has 0 N–H and O–H groups in total. The van der Waals surface area contributed by atoms with Crippen molar-refractivity contribution in [2.45, 2.75) is 0 Å². The van der Waals surface area contributed by atoms with Crippen molar-refractivity contribution in [3.8, 4) is 0 Å². The number of carbonyl (C=O) groups excluding carboxylic acids is 1. The molecule has 6 nitrogen and oxygen atoms in total. The Balaban J connectivity index is -0.000000405. The van der Waals surface area contributed by atoms with Gasteiger partial charge in [0.05, 0.1) is 21.0 Å². The zero-order valence-electron chi connectivity index (χ0n) is 6.85. The van der Waals surface area contributed by atoms with Gasteiger partial charge >= 0.3 is 59.1 Å². The summed E-state index contributed by atoms with van der Waals surface area (Å²) in [5.74, 6) is 0. The van der Waals surface area contributed by atoms with E-state index in [1.807, 2.05) is 0 Å². The Morgan fingerprint density at radius 3 is 2.25 bits per heavy atom. The fourth-order valence-electron chi connectivity index (χ4n) is 0.244. The van der Waals surface area contributed by atoms with Gasteiger partial charge < -0.3 is 18.9 Å². The van der Waals surface area contributed by atoms with Crippen LogP contribution in [0.25, 0.3) is 0 Å². The third-order valence-electron chi connectivity index (χ3n) is 0.517. The van der Waals surface area contributed by atoms with Gasteiger partial charge in [0.15, 0.2) is 0 Å². The van der Waals surface area contributed by atoms with Crippen molar-refractivity contribution in [1.82, 2.24) is 0 Å². The molecule has 0 saturated carbocycles. The predicted molar refractivity (Wildman–Crippen MR) is 26.5 cm³/mol. The first kappa shape index (κ1) is 19.1. The van der Waals surface area contributed by atoms with Crippen LogP contribution in [0.1, 0.15) is 0 Å². The quantitative estimate of drug-likeness (QED) is 0.151. The second kappa shape index (κ2) is 10.6. The summed E-state index contributed by atoms with van der Waals surface area (Å²) in [7, 11) is -4.90. The predicted octanol–water partition coefficient (Wildman–Crippen LogP) is -7.82. The number of phosphoric ester groups is 1. The number of aliphatic imine (C=N–C) groups is 1. The van der Waals surface area contributed by atoms with Gasteiger partial charge in [-0.25, -0.2) is 9.79 Å². The molecule has 0 aromatic carbocycles. The Kier molecular flexibility index (Phi) is 16.8. The molecular weight excluding hydrogens is 207 g/mol. The SMILES string of the molecule is O=C=NCCOP(=O)([O-])[O-].[Na+].[Na+]. The standard InChI is InChI=1S/C3H6NO5P.2Na/c5-3-4-1-2-9-10(6,7)8;;/h1-2H2,(H2,6,7,8);;/q;2*+1/p-2. The maximum Gasteiger partial charge on any atom is 1.00 e. The number of phosphoric acid groups is 1. The van der Waals surface area contributed by atoms with Crippen LogP contribution in [0.5, 0.6) is 0 Å². The van der Waals surface area contributed by atoms with Gasteiger partial charge in [0.25, 0.3) is 0 Å². The molecule has 0 spiro atoms. The van der Waals surface area contributed by atoms with Gasteiger partial charge in [-0.05, 0) is 0 Å². The van der Waals surface area contributed by atoms with Crippen LogP contribution >= 0.6 is 7.82 Å². The Morgan fingerprint density at radius 2 is 1.92 bits per heavy atom. The van der Waals surface area contributed by atoms with Crippen molar-refractivity contribution in [3.05, 3.63) is 0 Å². The molecule has 12 heavy (non-hydrogen) atoms. The average Bonchev–Trinajstić information content (AvgIpc) is 1.78. The van der Waals surface area contributed by atoms with Crippen molar-refractivity contribution < 1.29 is 82.8 Å². The van der Waals surface area contributed by atoms with Crippen LogP contribution in [0, 0.1) is 0 Å². The Labute approximate surface area is 114 Å². The van der Waals surface area contributed by atoms with Crippen LogP contribution in [0.2, 0.25) is 0 Å². The molecule has 0 radical (unpaired) electrons. The second-order valence-corrected chi connectivity index (χ2v) is 2.41. The first-order chi connectivity index (χ1) is 4.56. The van der Waals surface area contributed by atoms with Gasteiger partial charge in [0.1, 0.15) is 0 Å². The van der Waals surface area contributed by atoms with E-state index in [4.69, 9.17) is 0 Å². The van der Waals surface area contributed by atoms with Gasteiger partial charge in [0, 0.05) is 0 Å². The minimum Gasteiger partial charge on any atom is -0.790 e. The van der Waals surface area contributed by atoms with Crippen molar-refractivity contribution >= 4 is 13.9 Å². The molecule has 0 rings (SSSR count). The largest absolute Gasteiger partial charge is 1.00 e. The molecule has 58 valence electrons. The Morgan fingerprint density at radius 1 is 1.42 bits per heavy atom. The van der Waals surface area contributed by atoms with E-state index in [0.717, 1.165) is 6.08 Å². The summed E-state index contributed by atoms with van der Waals surface area (Å²) in [6.07, 6.45) is 1.16. The van der Waals surface area contributed by atoms with Crippen LogP contribution in [0.3, 0.4) is 0 Å². The van der Waals surface area contributed by atoms with E-state index in [0.29, 0.717) is 0 Å². The summed E-state index contributed by atoms with van der Waals surface area (Å²) in [6, 6.07) is 0. The van der Waals surface area contributed by atoms with E-state index in [2.05, 4.69) is 9.52 Å². The third-order valence-corrected chi connectivity index (χ3v) is 1.02. The van der Waals surface area contributed by atoms with Gasteiger partial charge in [-0.3, -0.25) is 0 Å². The second-order valence-electron chi connectivity index (χ2n) is 1.25. The fraction of sp³-hybridized carbons (Fsp3) is 0.667. The van der Waals surface area contributed by atoms with Crippen molar-refractivity contribution in [1.29, 1.82) is 0 Å². The summed E-state index contributed by atoms with van der Waals surface area (Å²) < 4.78 is 13.4. The molecule has 0 aliphatic rings. The normalized spacial score (nSPS) is 8.83. The smallest absolute Gasteiger partial charge is 0.790 e. The van der Waals surface area contributed by atoms with Gasteiger partial charge in [0.2, 0.25) is 6.08 Å². The van der Waals surface area contributed by atoms with Crippen LogP contribution in [0.4, 0.5) is 0 Å². The first-order valence-electron chi connectivity index (χ1n) is 2.26. The number of nitrogens with zero attached hydrogens (tertiary/aromatic N) is 1. The number of hydrogen-bond donors (Lipinski definition) is 0. The van der Waals surface area contributed by atoms with Crippen LogP contribution in [0.15, 0.2) is 4.99 Å². The van der Waals surface area contributed by atoms with Crippen LogP contribution in [-0.2, 0) is 13.9 Å². The Bertz CT molecular complexity index is 187. The molecule has 0 aromatic rings. The van der Waals surface area contributed by atoms with E-state index in [-0.39, 0.29) is 65.7 Å². The van der Waals surface area contributed by atoms with E-state index >= 15 is 0 Å². The van der Waals surface area contributed by atoms with Crippen LogP contribution in [-0.4, -0.2) is 19.2 Å². The average molecular weight is 211 g/mol. The van der Waals surface area contributed by atoms with Crippen LogP contribution < -0.4 is 68.9 Å². The molecule has 0 unspecified atom stereocenters. The molecule has 0 fully saturated rings. The number of rotatable bonds is 4. The summed E-state index contributed by atoms with van der Waals surface area (Å²) in [4.78, 5) is 31.7. The van der Waals surface area contributed by atoms with Crippen molar-refractivity contribution in [2.75, 3.05) is 13.2 Å². The first-order valence-corrected chi connectivity index (χ1v) is 3.72. The van der Waals surface area contributed by atoms with E-state index in [9.17, 15) is 19.1 Å². The zero-order chi connectivity index (χ0) is 8.04. The molecule has 0 aliphatic heterocycles. The minimum absolute atomic E-state index is 0. The molecule has 0 bridgehead atoms. The topological polar surface area (TPSA) is 102 Å². The monoisotopic (exact) mass is 211 g/mol. The molecule has 0 aromatic heterocycles. The van der Waals surface area contributed by atoms with Gasteiger partial charge in [-0.2, -0.15) is 0 Å². The maximum absolute atomic E-state index is 9.70. The minimum atomic E-state index is -4.90. The Hall–Kier alpha value is 1.49. The molecule has 0 saturated heterocycles. The van der Waals surface area contributed by atoms with E-state index in [1.54, 1.807) is 0 Å². The maximum atomic E-state index is 9.70. The van der Waals surface area contributed by atoms with E-state index in [1.165, 1.54) is 0 Å². The number of isocyanates is 1. The molecule has 0 amide bonds. The van der Waals surface area contributed by atoms with E-state index < -0.39 is 14.4 Å². The molecule has 0 atom stereocenters. The molecular formula is C3H4NNa2O5P. The zero-order valence-corrected chi connectivity index (χ0v) is 11.7. The summed E-state index contributed by atoms with van der Waals surface area (Å²) in [5.41, 5.74) is 0. The summed E-state index contributed by atoms with van der Waals surface area (Å²) >= 11 is 0. The van der Waals surface area contributed by atoms with Gasteiger partial charge in [-0.15, -0.1) is 0 Å². The number of hydrogen-bond acceptors (Lipinski definition) is 6. The molecule has 9 heteroatoms. The fourth-order valence-corrected chi connectivity index (χ4v) is 0.549. The van der Waals surface area contributed by atoms with Crippen molar-refractivity contribution in [2.24, 2.45) is 4.99 Å². The van der Waals surface area contributed by atoms with Gasteiger partial charge in [-0.1, -0.05) is 0 Å². The van der Waals surface area contributed by atoms with Crippen molar-refractivity contribution in [3.63, 3.8) is 0 Å². The third kappa shape index (κ3) is 17.5. The molecule has 0 aliphatic carbocycles. The summed E-state index contributed by atoms with van der Waals surface area (Å²) in [6.45, 7) is -0.572.